The highest BCUT2D eigenvalue weighted by atomic mass is 35.5. The van der Waals surface area contributed by atoms with E-state index in [-0.39, 0.29) is 5.78 Å². The van der Waals surface area contributed by atoms with E-state index in [9.17, 15) is 4.79 Å². The van der Waals surface area contributed by atoms with Crippen LogP contribution in [0.2, 0.25) is 10.0 Å². The van der Waals surface area contributed by atoms with Crippen molar-refractivity contribution in [2.45, 2.75) is 0 Å². The van der Waals surface area contributed by atoms with E-state index >= 15 is 0 Å². The van der Waals surface area contributed by atoms with Crippen LogP contribution in [0.5, 0.6) is 11.5 Å². The highest BCUT2D eigenvalue weighted by molar-refractivity contribution is 7.12. The molecular weight excluding hydrogens is 378 g/mol. The van der Waals surface area contributed by atoms with Crippen molar-refractivity contribution in [2.24, 2.45) is 0 Å². The van der Waals surface area contributed by atoms with E-state index in [0.29, 0.717) is 37.5 Å². The monoisotopic (exact) mass is 391 g/mol. The number of carbonyl (C=O) groups is 1. The van der Waals surface area contributed by atoms with Crippen molar-refractivity contribution >= 4 is 40.3 Å². The number of methoxy groups -OCH3 is 2. The van der Waals surface area contributed by atoms with Crippen LogP contribution < -0.4 is 9.47 Å². The summed E-state index contributed by atoms with van der Waals surface area (Å²) in [5.41, 5.74) is 1.94. The molecule has 3 aromatic rings. The summed E-state index contributed by atoms with van der Waals surface area (Å²) in [6, 6.07) is 12.2. The third-order valence-corrected chi connectivity index (χ3v) is 4.97. The first kappa shape index (κ1) is 17.8. The molecule has 6 heteroatoms. The highest BCUT2D eigenvalue weighted by Crippen LogP contribution is 2.41. The standard InChI is InChI=1S/C19H14Cl2O3S/c1-23-15-8-12(19(22)17-4-3-5-25-17)9-16(24-2)18(15)11-6-13(20)10-14(21)7-11/h3-10H,1-2H3/i1-1. The molecule has 1 heterocycles. The minimum absolute atomic E-state index is 0.0812. The zero-order chi connectivity index (χ0) is 18.0. The van der Waals surface area contributed by atoms with E-state index in [2.05, 4.69) is 0 Å². The highest BCUT2D eigenvalue weighted by Gasteiger charge is 2.19. The first-order chi connectivity index (χ1) is 12.0. The zero-order valence-corrected chi connectivity index (χ0v) is 15.8. The molecule has 0 aliphatic carbocycles. The summed E-state index contributed by atoms with van der Waals surface area (Å²) in [4.78, 5) is 13.3. The summed E-state index contributed by atoms with van der Waals surface area (Å²) in [6.07, 6.45) is 0. The molecule has 25 heavy (non-hydrogen) atoms. The van der Waals surface area contributed by atoms with Gasteiger partial charge in [0.2, 0.25) is 5.78 Å². The van der Waals surface area contributed by atoms with Crippen molar-refractivity contribution in [3.63, 3.8) is 0 Å². The van der Waals surface area contributed by atoms with Crippen molar-refractivity contribution in [3.8, 4) is 22.6 Å². The maximum atomic E-state index is 12.7. The molecule has 0 spiro atoms. The third kappa shape index (κ3) is 3.66. The lowest BCUT2D eigenvalue weighted by atomic mass is 9.99. The average molecular weight is 392 g/mol. The van der Waals surface area contributed by atoms with Crippen molar-refractivity contribution in [2.75, 3.05) is 14.2 Å². The van der Waals surface area contributed by atoms with Gasteiger partial charge in [-0.3, -0.25) is 4.79 Å². The number of carbonyl (C=O) groups excluding carboxylic acids is 1. The van der Waals surface area contributed by atoms with Gasteiger partial charge >= 0.3 is 0 Å². The van der Waals surface area contributed by atoms with E-state index in [4.69, 9.17) is 32.7 Å². The van der Waals surface area contributed by atoms with Crippen LogP contribution in [0.3, 0.4) is 0 Å². The van der Waals surface area contributed by atoms with E-state index in [1.54, 1.807) is 50.6 Å². The smallest absolute Gasteiger partial charge is 0.203 e. The summed E-state index contributed by atoms with van der Waals surface area (Å²) < 4.78 is 11.0. The van der Waals surface area contributed by atoms with Gasteiger partial charge in [0.25, 0.3) is 0 Å². The number of rotatable bonds is 5. The molecule has 0 N–H and O–H groups in total. The number of hydrogen-bond donors (Lipinski definition) is 0. The Bertz CT molecular complexity index is 875. The van der Waals surface area contributed by atoms with Crippen molar-refractivity contribution in [3.05, 3.63) is 68.3 Å². The van der Waals surface area contributed by atoms with Crippen LogP contribution in [0.25, 0.3) is 11.1 Å². The SMILES string of the molecule is COc1cc(C(=O)c2cccs2)cc(O[11CH3])c1-c1cc(Cl)cc(Cl)c1. The Morgan fingerprint density at radius 1 is 0.960 bits per heavy atom. The lowest BCUT2D eigenvalue weighted by Gasteiger charge is -2.16. The molecule has 0 bridgehead atoms. The number of ether oxygens (including phenoxy) is 2. The molecule has 0 fully saturated rings. The summed E-state index contributed by atoms with van der Waals surface area (Å²) in [5.74, 6) is 0.942. The van der Waals surface area contributed by atoms with Gasteiger partial charge in [0, 0.05) is 15.6 Å². The number of hydrogen-bond acceptors (Lipinski definition) is 4. The number of ketones is 1. The lowest BCUT2D eigenvalue weighted by Crippen LogP contribution is -2.02. The van der Waals surface area contributed by atoms with Crippen molar-refractivity contribution in [1.82, 2.24) is 0 Å². The van der Waals surface area contributed by atoms with E-state index in [1.807, 2.05) is 11.4 Å². The molecule has 3 rings (SSSR count). The van der Waals surface area contributed by atoms with Crippen LogP contribution in [0.15, 0.2) is 47.8 Å². The molecule has 3 nitrogen and oxygen atoms in total. The maximum absolute atomic E-state index is 12.7. The minimum atomic E-state index is -0.0812. The summed E-state index contributed by atoms with van der Waals surface area (Å²) >= 11 is 13.6. The molecule has 0 radical (unpaired) electrons. The predicted molar refractivity (Wildman–Crippen MR) is 103 cm³/mol. The topological polar surface area (TPSA) is 35.5 Å². The molecule has 1 aromatic heterocycles. The van der Waals surface area contributed by atoms with Crippen LogP contribution in [0.4, 0.5) is 0 Å². The van der Waals surface area contributed by atoms with Crippen LogP contribution in [0.1, 0.15) is 15.2 Å². The Balaban J connectivity index is 2.18. The van der Waals surface area contributed by atoms with Crippen LogP contribution >= 0.6 is 34.5 Å². The molecule has 0 unspecified atom stereocenters. The molecule has 0 aliphatic rings. The molecule has 0 aliphatic heterocycles. The molecule has 0 amide bonds. The first-order valence-corrected chi connectivity index (χ1v) is 8.97. The van der Waals surface area contributed by atoms with Gasteiger partial charge in [0.15, 0.2) is 0 Å². The largest absolute Gasteiger partial charge is 0.496 e. The van der Waals surface area contributed by atoms with Gasteiger partial charge < -0.3 is 9.47 Å². The maximum Gasteiger partial charge on any atom is 0.203 e. The molecule has 128 valence electrons. The Morgan fingerprint density at radius 3 is 2.04 bits per heavy atom. The lowest BCUT2D eigenvalue weighted by molar-refractivity contribution is 0.104. The summed E-state index contributed by atoms with van der Waals surface area (Å²) in [6.45, 7) is 0. The third-order valence-electron chi connectivity index (χ3n) is 3.66. The number of thiophene rings is 1. The van der Waals surface area contributed by atoms with Gasteiger partial charge in [-0.25, -0.2) is 0 Å². The first-order valence-electron chi connectivity index (χ1n) is 7.34. The van der Waals surface area contributed by atoms with Gasteiger partial charge in [0.1, 0.15) is 11.5 Å². The van der Waals surface area contributed by atoms with Crippen LogP contribution in [-0.2, 0) is 0 Å². The fraction of sp³-hybridized carbons (Fsp3) is 0.105. The molecule has 0 saturated carbocycles. The van der Waals surface area contributed by atoms with E-state index in [0.717, 1.165) is 5.56 Å². The Hall–Kier alpha value is -2.01. The second kappa shape index (κ2) is 7.48. The summed E-state index contributed by atoms with van der Waals surface area (Å²) in [7, 11) is 3.09. The quantitative estimate of drug-likeness (QED) is 0.502. The van der Waals surface area contributed by atoms with Crippen molar-refractivity contribution < 1.29 is 14.3 Å². The van der Waals surface area contributed by atoms with Gasteiger partial charge in [-0.1, -0.05) is 29.3 Å². The zero-order valence-electron chi connectivity index (χ0n) is 13.5. The summed E-state index contributed by atoms with van der Waals surface area (Å²) in [5, 5.41) is 2.88. The molecule has 2 aromatic carbocycles. The van der Waals surface area contributed by atoms with Gasteiger partial charge in [0.05, 0.1) is 24.7 Å². The number of halogens is 2. The Morgan fingerprint density at radius 2 is 1.56 bits per heavy atom. The predicted octanol–water partition coefficient (Wildman–Crippen LogP) is 5.97. The average Bonchev–Trinajstić information content (AvgIpc) is 3.13. The number of benzene rings is 2. The van der Waals surface area contributed by atoms with Crippen LogP contribution in [0, 0.1) is 0 Å². The second-order valence-corrected chi connectivity index (χ2v) is 7.04. The second-order valence-electron chi connectivity index (χ2n) is 5.22. The van der Waals surface area contributed by atoms with Gasteiger partial charge in [-0.2, -0.15) is 0 Å². The Labute approximate surface area is 159 Å². The van der Waals surface area contributed by atoms with Crippen LogP contribution in [-0.4, -0.2) is 20.0 Å². The minimum Gasteiger partial charge on any atom is -0.496 e. The molecule has 0 saturated heterocycles. The molecule has 0 atom stereocenters. The van der Waals surface area contributed by atoms with E-state index < -0.39 is 0 Å². The fourth-order valence-corrected chi connectivity index (χ4v) is 3.79. The van der Waals surface area contributed by atoms with Crippen molar-refractivity contribution in [1.29, 1.82) is 0 Å². The Kier molecular flexibility index (Phi) is 5.33. The normalized spacial score (nSPS) is 10.6. The van der Waals surface area contributed by atoms with Gasteiger partial charge in [-0.05, 0) is 47.3 Å². The van der Waals surface area contributed by atoms with E-state index in [1.165, 1.54) is 11.3 Å². The van der Waals surface area contributed by atoms with Gasteiger partial charge in [-0.15, -0.1) is 11.3 Å². The fourth-order valence-electron chi connectivity index (χ4n) is 2.58. The molecular formula is C19H14Cl2O3S.